The van der Waals surface area contributed by atoms with Gasteiger partial charge in [-0.2, -0.15) is 5.10 Å². The molecule has 76 valence electrons. The van der Waals surface area contributed by atoms with E-state index in [0.717, 1.165) is 24.4 Å². The molecule has 1 heterocycles. The molecule has 0 atom stereocenters. The Hall–Kier alpha value is -1.38. The van der Waals surface area contributed by atoms with Crippen molar-refractivity contribution in [1.29, 1.82) is 0 Å². The average molecular weight is 192 g/mol. The highest BCUT2D eigenvalue weighted by molar-refractivity contribution is 5.90. The number of ketones is 1. The number of allylic oxidation sites excluding steroid dienone is 1. The lowest BCUT2D eigenvalue weighted by atomic mass is 10.2. The molecule has 3 nitrogen and oxygen atoms in total. The molecule has 0 saturated carbocycles. The Balaban J connectivity index is 2.88. The lowest BCUT2D eigenvalue weighted by Gasteiger charge is -2.00. The van der Waals surface area contributed by atoms with Gasteiger partial charge in [0.1, 0.15) is 0 Å². The highest BCUT2D eigenvalue weighted by atomic mass is 16.1. The molecule has 0 aromatic carbocycles. The maximum Gasteiger partial charge on any atom is 0.161 e. The van der Waals surface area contributed by atoms with E-state index in [-0.39, 0.29) is 5.78 Å². The van der Waals surface area contributed by atoms with Gasteiger partial charge in [0, 0.05) is 12.2 Å². The summed E-state index contributed by atoms with van der Waals surface area (Å²) in [5.74, 6) is 0.0438. The summed E-state index contributed by atoms with van der Waals surface area (Å²) >= 11 is 0. The van der Waals surface area contributed by atoms with E-state index in [0.29, 0.717) is 6.42 Å². The molecule has 1 aromatic heterocycles. The molecule has 1 aromatic rings. The van der Waals surface area contributed by atoms with Crippen LogP contribution in [0.25, 0.3) is 0 Å². The van der Waals surface area contributed by atoms with Crippen LogP contribution in [0.15, 0.2) is 18.7 Å². The van der Waals surface area contributed by atoms with Crippen LogP contribution in [-0.2, 0) is 24.2 Å². The van der Waals surface area contributed by atoms with Gasteiger partial charge >= 0.3 is 0 Å². The number of carbonyl (C=O) groups excluding carboxylic acids is 1. The van der Waals surface area contributed by atoms with Crippen molar-refractivity contribution in [3.05, 3.63) is 30.1 Å². The van der Waals surface area contributed by atoms with Crippen molar-refractivity contribution in [2.24, 2.45) is 0 Å². The van der Waals surface area contributed by atoms with Gasteiger partial charge in [-0.1, -0.05) is 13.5 Å². The molecular formula is C11H16N2O. The minimum atomic E-state index is 0.0438. The smallest absolute Gasteiger partial charge is 0.161 e. The molecule has 0 amide bonds. The maximum atomic E-state index is 11.2. The molecule has 0 unspecified atom stereocenters. The van der Waals surface area contributed by atoms with Crippen LogP contribution in [0.4, 0.5) is 0 Å². The Bertz CT molecular complexity index is 339. The molecule has 0 bridgehead atoms. The third kappa shape index (κ3) is 2.31. The van der Waals surface area contributed by atoms with Crippen LogP contribution in [0.1, 0.15) is 25.2 Å². The number of rotatable bonds is 5. The fourth-order valence-corrected chi connectivity index (χ4v) is 1.35. The van der Waals surface area contributed by atoms with E-state index in [2.05, 4.69) is 18.6 Å². The Morgan fingerprint density at radius 1 is 1.64 bits per heavy atom. The van der Waals surface area contributed by atoms with Gasteiger partial charge in [0.25, 0.3) is 0 Å². The van der Waals surface area contributed by atoms with E-state index in [1.807, 2.05) is 17.7 Å². The number of carbonyl (C=O) groups is 1. The number of aryl methyl sites for hydroxylation is 2. The summed E-state index contributed by atoms with van der Waals surface area (Å²) < 4.78 is 1.88. The Morgan fingerprint density at radius 3 is 2.86 bits per heavy atom. The Labute approximate surface area is 84.4 Å². The van der Waals surface area contributed by atoms with Gasteiger partial charge in [-0.3, -0.25) is 9.48 Å². The fraction of sp³-hybridized carbons (Fsp3) is 0.455. The van der Waals surface area contributed by atoms with E-state index in [1.165, 1.54) is 6.08 Å². The van der Waals surface area contributed by atoms with Crippen molar-refractivity contribution in [3.8, 4) is 0 Å². The van der Waals surface area contributed by atoms with Crippen molar-refractivity contribution < 1.29 is 4.79 Å². The predicted molar refractivity (Wildman–Crippen MR) is 56.2 cm³/mol. The van der Waals surface area contributed by atoms with Crippen LogP contribution in [-0.4, -0.2) is 15.6 Å². The zero-order valence-corrected chi connectivity index (χ0v) is 8.79. The van der Waals surface area contributed by atoms with Crippen molar-refractivity contribution in [1.82, 2.24) is 9.78 Å². The molecule has 0 fully saturated rings. The molecule has 0 spiro atoms. The quantitative estimate of drug-likeness (QED) is 0.666. The fourth-order valence-electron chi connectivity index (χ4n) is 1.35. The first kappa shape index (κ1) is 10.7. The minimum absolute atomic E-state index is 0.0438. The number of hydrogen-bond donors (Lipinski definition) is 0. The lowest BCUT2D eigenvalue weighted by molar-refractivity contribution is -0.114. The number of aromatic nitrogens is 2. The van der Waals surface area contributed by atoms with Crippen LogP contribution in [0, 0.1) is 0 Å². The molecule has 14 heavy (non-hydrogen) atoms. The third-order valence-corrected chi connectivity index (χ3v) is 2.16. The SMILES string of the molecule is C=CC(=O)Cc1cc(CC)nn1CC. The van der Waals surface area contributed by atoms with Crippen LogP contribution < -0.4 is 0 Å². The van der Waals surface area contributed by atoms with Gasteiger partial charge < -0.3 is 0 Å². The minimum Gasteiger partial charge on any atom is -0.294 e. The first-order chi connectivity index (χ1) is 6.71. The zero-order chi connectivity index (χ0) is 10.6. The van der Waals surface area contributed by atoms with Gasteiger partial charge in [0.05, 0.1) is 12.1 Å². The predicted octanol–water partition coefficient (Wildman–Crippen LogP) is 1.76. The van der Waals surface area contributed by atoms with Gasteiger partial charge in [-0.15, -0.1) is 0 Å². The molecule has 0 aliphatic carbocycles. The Kier molecular flexibility index (Phi) is 3.63. The van der Waals surface area contributed by atoms with E-state index >= 15 is 0 Å². The summed E-state index contributed by atoms with van der Waals surface area (Å²) in [6.07, 6.45) is 2.67. The lowest BCUT2D eigenvalue weighted by Crippen LogP contribution is -2.07. The molecular weight excluding hydrogens is 176 g/mol. The largest absolute Gasteiger partial charge is 0.294 e. The van der Waals surface area contributed by atoms with Gasteiger partial charge in [0.15, 0.2) is 5.78 Å². The van der Waals surface area contributed by atoms with Crippen LogP contribution >= 0.6 is 0 Å². The summed E-state index contributed by atoms with van der Waals surface area (Å²) in [6.45, 7) is 8.34. The second-order valence-corrected chi connectivity index (χ2v) is 3.14. The van der Waals surface area contributed by atoms with E-state index in [1.54, 1.807) is 0 Å². The van der Waals surface area contributed by atoms with Crippen molar-refractivity contribution in [3.63, 3.8) is 0 Å². The summed E-state index contributed by atoms with van der Waals surface area (Å²) in [7, 11) is 0. The van der Waals surface area contributed by atoms with Crippen LogP contribution in [0.3, 0.4) is 0 Å². The second-order valence-electron chi connectivity index (χ2n) is 3.14. The van der Waals surface area contributed by atoms with Gasteiger partial charge in [-0.25, -0.2) is 0 Å². The standard InChI is InChI=1S/C11H16N2O/c1-4-9-7-10(8-11(14)5-2)13(6-3)12-9/h5,7H,2,4,6,8H2,1,3H3. The van der Waals surface area contributed by atoms with Crippen molar-refractivity contribution in [2.75, 3.05) is 0 Å². The summed E-state index contributed by atoms with van der Waals surface area (Å²) in [5.41, 5.74) is 2.02. The summed E-state index contributed by atoms with van der Waals surface area (Å²) in [6, 6.07) is 1.99. The topological polar surface area (TPSA) is 34.9 Å². The van der Waals surface area contributed by atoms with Crippen molar-refractivity contribution >= 4 is 5.78 Å². The van der Waals surface area contributed by atoms with Crippen LogP contribution in [0.2, 0.25) is 0 Å². The highest BCUT2D eigenvalue weighted by Gasteiger charge is 2.07. The molecule has 0 saturated heterocycles. The van der Waals surface area contributed by atoms with Crippen LogP contribution in [0.5, 0.6) is 0 Å². The first-order valence-electron chi connectivity index (χ1n) is 4.92. The summed E-state index contributed by atoms with van der Waals surface area (Å²) in [4.78, 5) is 11.2. The molecule has 0 N–H and O–H groups in total. The van der Waals surface area contributed by atoms with Gasteiger partial charge in [0.2, 0.25) is 0 Å². The van der Waals surface area contributed by atoms with E-state index in [4.69, 9.17) is 0 Å². The monoisotopic (exact) mass is 192 g/mol. The van der Waals surface area contributed by atoms with E-state index in [9.17, 15) is 4.79 Å². The molecule has 3 heteroatoms. The molecule has 0 aliphatic rings. The number of hydrogen-bond acceptors (Lipinski definition) is 2. The Morgan fingerprint density at radius 2 is 2.36 bits per heavy atom. The highest BCUT2D eigenvalue weighted by Crippen LogP contribution is 2.06. The first-order valence-corrected chi connectivity index (χ1v) is 4.92. The number of nitrogens with zero attached hydrogens (tertiary/aromatic N) is 2. The summed E-state index contributed by atoms with van der Waals surface area (Å²) in [5, 5.41) is 4.36. The maximum absolute atomic E-state index is 11.2. The molecule has 0 radical (unpaired) electrons. The second kappa shape index (κ2) is 4.74. The zero-order valence-electron chi connectivity index (χ0n) is 8.79. The average Bonchev–Trinajstić information content (AvgIpc) is 2.60. The normalized spacial score (nSPS) is 10.1. The molecule has 0 aliphatic heterocycles. The van der Waals surface area contributed by atoms with E-state index < -0.39 is 0 Å². The molecule has 1 rings (SSSR count). The van der Waals surface area contributed by atoms with Crippen molar-refractivity contribution in [2.45, 2.75) is 33.2 Å². The third-order valence-electron chi connectivity index (χ3n) is 2.16. The van der Waals surface area contributed by atoms with Gasteiger partial charge in [-0.05, 0) is 25.5 Å².